The second kappa shape index (κ2) is 13.4. The summed E-state index contributed by atoms with van der Waals surface area (Å²) in [4.78, 5) is 35.5. The van der Waals surface area contributed by atoms with Gasteiger partial charge in [-0.25, -0.2) is 25.8 Å². The number of hydrogen-bond acceptors (Lipinski definition) is 16. The normalized spacial score (nSPS) is 13.3. The van der Waals surface area contributed by atoms with Crippen LogP contribution in [0, 0.1) is 0 Å². The van der Waals surface area contributed by atoms with Gasteiger partial charge in [0.2, 0.25) is 10.9 Å². The molecule has 5 N–H and O–H groups in total. The van der Waals surface area contributed by atoms with E-state index in [1.54, 1.807) is 0 Å². The SMILES string of the molecule is C=CS(=O)(=O)c1ccc(NN=c2c(=O)cc(C(=O)O)c(=NNc3ccc(S(=O)(=O)CCOS(=O)(=O)O)cc3)c2=O)c(S(=O)(=O)O)c1. The zero-order valence-electron chi connectivity index (χ0n) is 22.6. The lowest BCUT2D eigenvalue weighted by Gasteiger charge is -2.08. The maximum absolute atomic E-state index is 13.1. The van der Waals surface area contributed by atoms with E-state index < -0.39 is 101 Å². The molecule has 23 heteroatoms. The van der Waals surface area contributed by atoms with Crippen molar-refractivity contribution in [2.75, 3.05) is 23.2 Å². The number of nitrogens with one attached hydrogen (secondary N) is 2. The smallest absolute Gasteiger partial charge is 0.397 e. The fourth-order valence-corrected chi connectivity index (χ4v) is 6.38. The quantitative estimate of drug-likeness (QED) is 0.100. The number of rotatable bonds is 13. The molecule has 0 amide bonds. The second-order valence-electron chi connectivity index (χ2n) is 8.64. The van der Waals surface area contributed by atoms with Crippen LogP contribution in [0.4, 0.5) is 11.4 Å². The highest BCUT2D eigenvalue weighted by Crippen LogP contribution is 2.25. The van der Waals surface area contributed by atoms with Gasteiger partial charge in [0, 0.05) is 11.5 Å². The van der Waals surface area contributed by atoms with Gasteiger partial charge < -0.3 is 5.11 Å². The van der Waals surface area contributed by atoms with Crippen LogP contribution in [0.5, 0.6) is 0 Å². The maximum Gasteiger partial charge on any atom is 0.397 e. The van der Waals surface area contributed by atoms with Gasteiger partial charge in [0.05, 0.1) is 39.1 Å². The summed E-state index contributed by atoms with van der Waals surface area (Å²) >= 11 is 0. The zero-order valence-corrected chi connectivity index (χ0v) is 25.9. The van der Waals surface area contributed by atoms with Gasteiger partial charge in [0.1, 0.15) is 10.3 Å². The van der Waals surface area contributed by atoms with Gasteiger partial charge in [-0.15, -0.1) is 0 Å². The van der Waals surface area contributed by atoms with Crippen LogP contribution in [0.1, 0.15) is 10.4 Å². The minimum Gasteiger partial charge on any atom is -0.478 e. The Hall–Kier alpha value is -4.65. The molecule has 0 saturated carbocycles. The van der Waals surface area contributed by atoms with Crippen LogP contribution in [0.3, 0.4) is 0 Å². The largest absolute Gasteiger partial charge is 0.478 e. The third-order valence-corrected chi connectivity index (χ3v) is 9.99. The number of carboxylic acids is 1. The first-order valence-electron chi connectivity index (χ1n) is 11.8. The van der Waals surface area contributed by atoms with Crippen molar-refractivity contribution in [1.29, 1.82) is 0 Å². The lowest BCUT2D eigenvalue weighted by atomic mass is 10.2. The molecule has 246 valence electrons. The molecule has 19 nitrogen and oxygen atoms in total. The van der Waals surface area contributed by atoms with Gasteiger partial charge in [-0.1, -0.05) is 6.58 Å². The van der Waals surface area contributed by atoms with Crippen molar-refractivity contribution in [3.63, 3.8) is 0 Å². The van der Waals surface area contributed by atoms with Crippen molar-refractivity contribution in [2.24, 2.45) is 10.2 Å². The molecule has 0 spiro atoms. The third-order valence-electron chi connectivity index (χ3n) is 5.59. The molecule has 3 rings (SSSR count). The molecule has 0 aromatic heterocycles. The average Bonchev–Trinajstić information content (AvgIpc) is 2.95. The van der Waals surface area contributed by atoms with Crippen LogP contribution in [-0.2, 0) is 44.4 Å². The predicted octanol–water partition coefficient (Wildman–Crippen LogP) is -1.41. The summed E-state index contributed by atoms with van der Waals surface area (Å²) in [6.45, 7) is 2.22. The van der Waals surface area contributed by atoms with E-state index in [0.717, 1.165) is 36.4 Å². The Bertz CT molecular complexity index is 2400. The Morgan fingerprint density at radius 2 is 1.43 bits per heavy atom. The van der Waals surface area contributed by atoms with Gasteiger partial charge in [0.25, 0.3) is 10.1 Å². The summed E-state index contributed by atoms with van der Waals surface area (Å²) in [5.74, 6) is -2.58. The van der Waals surface area contributed by atoms with Gasteiger partial charge in [-0.3, -0.25) is 29.5 Å². The second-order valence-corrected chi connectivity index (χ2v) is 15.1. The van der Waals surface area contributed by atoms with E-state index in [9.17, 15) is 57.7 Å². The van der Waals surface area contributed by atoms with E-state index in [-0.39, 0.29) is 10.6 Å². The van der Waals surface area contributed by atoms with E-state index in [2.05, 4.69) is 26.4 Å². The molecular weight excluding hydrogens is 701 g/mol. The van der Waals surface area contributed by atoms with Crippen LogP contribution in [0.2, 0.25) is 0 Å². The Balaban J connectivity index is 2.03. The number of carboxylic acid groups (broad SMARTS) is 1. The highest BCUT2D eigenvalue weighted by molar-refractivity contribution is 7.94. The van der Waals surface area contributed by atoms with Crippen molar-refractivity contribution < 1.29 is 56.9 Å². The van der Waals surface area contributed by atoms with Crippen LogP contribution >= 0.6 is 0 Å². The molecule has 0 bridgehead atoms. The fraction of sp³-hybridized carbons (Fsp3) is 0.0870. The van der Waals surface area contributed by atoms with E-state index in [4.69, 9.17) is 4.55 Å². The summed E-state index contributed by atoms with van der Waals surface area (Å²) in [5, 5.41) is 15.4. The van der Waals surface area contributed by atoms with Crippen LogP contribution in [0.15, 0.2) is 95.0 Å². The van der Waals surface area contributed by atoms with Gasteiger partial charge in [-0.2, -0.15) is 27.0 Å². The highest BCUT2D eigenvalue weighted by Gasteiger charge is 2.21. The topological polar surface area (TPSA) is 306 Å². The van der Waals surface area contributed by atoms with E-state index in [0.29, 0.717) is 17.5 Å². The van der Waals surface area contributed by atoms with Crippen LogP contribution in [-0.4, -0.2) is 66.2 Å². The maximum atomic E-state index is 13.1. The molecule has 0 saturated heterocycles. The van der Waals surface area contributed by atoms with Crippen molar-refractivity contribution in [2.45, 2.75) is 14.7 Å². The predicted molar refractivity (Wildman–Crippen MR) is 156 cm³/mol. The number of carbonyl (C=O) groups is 1. The lowest BCUT2D eigenvalue weighted by molar-refractivity contribution is 0.0694. The lowest BCUT2D eigenvalue weighted by Crippen LogP contribution is -2.50. The molecule has 0 radical (unpaired) electrons. The average molecular weight is 721 g/mol. The third kappa shape index (κ3) is 8.75. The summed E-state index contributed by atoms with van der Waals surface area (Å²) in [7, 11) is -18.2. The molecule has 0 aliphatic carbocycles. The summed E-state index contributed by atoms with van der Waals surface area (Å²) in [6, 6.07) is 7.14. The first-order valence-corrected chi connectivity index (χ1v) is 17.8. The van der Waals surface area contributed by atoms with Crippen molar-refractivity contribution in [1.82, 2.24) is 0 Å². The minimum atomic E-state index is -5.10. The molecule has 3 aromatic rings. The molecule has 0 fully saturated rings. The molecular formula is C23H20N4O15S4. The standard InChI is InChI=1S/C23H20N4O15S4/c1-2-43(32,33)15-7-8-17(19(11-15)45(36,37)38)25-27-21-18(28)12-16(23(30)31)20(22(21)29)26-24-13-3-5-14(6-4-13)44(34,35)10-9-42-46(39,40)41/h2-8,11-12,24-25H,1,9-10H2,(H,30,31)(H,36,37,38)(H,39,40,41). The Kier molecular flexibility index (Phi) is 10.4. The van der Waals surface area contributed by atoms with E-state index in [1.165, 1.54) is 0 Å². The van der Waals surface area contributed by atoms with Gasteiger partial charge in [-0.05, 0) is 42.5 Å². The van der Waals surface area contributed by atoms with Crippen LogP contribution in [0.25, 0.3) is 0 Å². The number of aromatic carboxylic acids is 1. The molecule has 0 unspecified atom stereocenters. The number of nitrogens with zero attached hydrogens (tertiary/aromatic N) is 2. The molecule has 0 heterocycles. The number of hydrogen-bond donors (Lipinski definition) is 5. The minimum absolute atomic E-state index is 0.000881. The molecule has 0 aliphatic heterocycles. The fourth-order valence-electron chi connectivity index (χ4n) is 3.42. The van der Waals surface area contributed by atoms with E-state index >= 15 is 0 Å². The van der Waals surface area contributed by atoms with Crippen molar-refractivity contribution >= 4 is 57.5 Å². The zero-order chi connectivity index (χ0) is 34.7. The molecule has 3 aromatic carbocycles. The van der Waals surface area contributed by atoms with Gasteiger partial charge >= 0.3 is 16.4 Å². The monoisotopic (exact) mass is 720 g/mol. The first-order chi connectivity index (χ1) is 21.2. The molecule has 46 heavy (non-hydrogen) atoms. The summed E-state index contributed by atoms with van der Waals surface area (Å²) < 4.78 is 116. The van der Waals surface area contributed by atoms with Gasteiger partial charge in [0.15, 0.2) is 25.0 Å². The Labute approximate surface area is 259 Å². The van der Waals surface area contributed by atoms with Crippen molar-refractivity contribution in [3.05, 3.63) is 97.2 Å². The molecule has 0 aliphatic rings. The number of sulfone groups is 2. The number of anilines is 2. The molecule has 0 atom stereocenters. The van der Waals surface area contributed by atoms with E-state index in [1.807, 2.05) is 5.43 Å². The highest BCUT2D eigenvalue weighted by atomic mass is 32.3. The summed E-state index contributed by atoms with van der Waals surface area (Å²) in [5.41, 5.74) is 0.271. The number of benzene rings is 3. The summed E-state index contributed by atoms with van der Waals surface area (Å²) in [6.07, 6.45) is 0. The van der Waals surface area contributed by atoms with Crippen LogP contribution < -0.4 is 32.4 Å². The Morgan fingerprint density at radius 1 is 0.848 bits per heavy atom. The van der Waals surface area contributed by atoms with Crippen molar-refractivity contribution in [3.8, 4) is 0 Å². The first kappa shape index (κ1) is 35.8. The Morgan fingerprint density at radius 3 is 1.98 bits per heavy atom.